The molecule has 27 heavy (non-hydrogen) atoms. The maximum absolute atomic E-state index is 12.7. The minimum Gasteiger partial charge on any atom is -0.496 e. The standard InChI is InChI=1S/C20H19ClN2O3S/c1-23(10-15-9-16(21)5-8-19(15)25-2)20(24)14-3-6-18(7-4-14)26-11-17-12-27-13-22-17/h3-9,12-13H,10-11H2,1-2H3. The summed E-state index contributed by atoms with van der Waals surface area (Å²) in [6.07, 6.45) is 0. The van der Waals surface area contributed by atoms with Gasteiger partial charge in [0.05, 0.1) is 18.3 Å². The molecular weight excluding hydrogens is 384 g/mol. The first kappa shape index (κ1) is 19.2. The van der Waals surface area contributed by atoms with E-state index >= 15 is 0 Å². The van der Waals surface area contributed by atoms with Crippen LogP contribution in [0, 0.1) is 0 Å². The van der Waals surface area contributed by atoms with E-state index in [-0.39, 0.29) is 5.91 Å². The molecule has 1 aromatic heterocycles. The van der Waals surface area contributed by atoms with Crippen LogP contribution in [-0.4, -0.2) is 29.9 Å². The summed E-state index contributed by atoms with van der Waals surface area (Å²) >= 11 is 7.59. The fraction of sp³-hybridized carbons (Fsp3) is 0.200. The molecule has 0 aliphatic heterocycles. The van der Waals surface area contributed by atoms with Crippen LogP contribution in [-0.2, 0) is 13.2 Å². The molecule has 7 heteroatoms. The van der Waals surface area contributed by atoms with Gasteiger partial charge in [-0.1, -0.05) is 11.6 Å². The van der Waals surface area contributed by atoms with Gasteiger partial charge in [-0.25, -0.2) is 4.98 Å². The first-order valence-electron chi connectivity index (χ1n) is 8.24. The van der Waals surface area contributed by atoms with Crippen molar-refractivity contribution in [3.05, 3.63) is 75.2 Å². The zero-order valence-corrected chi connectivity index (χ0v) is 16.6. The van der Waals surface area contributed by atoms with E-state index in [1.165, 1.54) is 11.3 Å². The number of nitrogens with zero attached hydrogens (tertiary/aromatic N) is 2. The largest absolute Gasteiger partial charge is 0.496 e. The van der Waals surface area contributed by atoms with E-state index in [2.05, 4.69) is 4.98 Å². The highest BCUT2D eigenvalue weighted by atomic mass is 35.5. The van der Waals surface area contributed by atoms with Crippen molar-refractivity contribution in [1.82, 2.24) is 9.88 Å². The number of halogens is 1. The number of aromatic nitrogens is 1. The Hall–Kier alpha value is -2.57. The van der Waals surface area contributed by atoms with Crippen molar-refractivity contribution in [3.8, 4) is 11.5 Å². The number of hydrogen-bond acceptors (Lipinski definition) is 5. The predicted octanol–water partition coefficient (Wildman–Crippen LogP) is 4.66. The molecule has 0 unspecified atom stereocenters. The van der Waals surface area contributed by atoms with E-state index in [0.717, 1.165) is 11.3 Å². The lowest BCUT2D eigenvalue weighted by Crippen LogP contribution is -2.26. The van der Waals surface area contributed by atoms with Gasteiger partial charge >= 0.3 is 0 Å². The summed E-state index contributed by atoms with van der Waals surface area (Å²) in [4.78, 5) is 18.5. The van der Waals surface area contributed by atoms with E-state index < -0.39 is 0 Å². The highest BCUT2D eigenvalue weighted by Crippen LogP contribution is 2.24. The zero-order chi connectivity index (χ0) is 19.2. The highest BCUT2D eigenvalue weighted by Gasteiger charge is 2.15. The summed E-state index contributed by atoms with van der Waals surface area (Å²) in [7, 11) is 3.34. The molecule has 1 amide bonds. The lowest BCUT2D eigenvalue weighted by Gasteiger charge is -2.19. The van der Waals surface area contributed by atoms with Crippen molar-refractivity contribution in [2.75, 3.05) is 14.2 Å². The normalized spacial score (nSPS) is 10.5. The molecule has 0 fully saturated rings. The van der Waals surface area contributed by atoms with Crippen LogP contribution >= 0.6 is 22.9 Å². The molecule has 1 heterocycles. The molecule has 3 rings (SSSR count). The fourth-order valence-corrected chi connectivity index (χ4v) is 3.32. The minimum atomic E-state index is -0.0944. The van der Waals surface area contributed by atoms with Crippen molar-refractivity contribution in [2.45, 2.75) is 13.2 Å². The molecule has 0 saturated carbocycles. The van der Waals surface area contributed by atoms with Crippen LogP contribution in [0.3, 0.4) is 0 Å². The second-order valence-corrected chi connectivity index (χ2v) is 7.07. The second kappa shape index (κ2) is 8.88. The van der Waals surface area contributed by atoms with Gasteiger partial charge in [-0.2, -0.15) is 0 Å². The maximum Gasteiger partial charge on any atom is 0.253 e. The first-order valence-corrected chi connectivity index (χ1v) is 9.56. The molecule has 2 aromatic carbocycles. The number of methoxy groups -OCH3 is 1. The Morgan fingerprint density at radius 2 is 2.00 bits per heavy atom. The molecule has 0 bridgehead atoms. The SMILES string of the molecule is COc1ccc(Cl)cc1CN(C)C(=O)c1ccc(OCc2cscn2)cc1. The van der Waals surface area contributed by atoms with Crippen molar-refractivity contribution in [1.29, 1.82) is 0 Å². The Labute approximate surface area is 167 Å². The van der Waals surface area contributed by atoms with Gasteiger partial charge in [0.15, 0.2) is 0 Å². The van der Waals surface area contributed by atoms with Gasteiger partial charge in [0, 0.05) is 35.1 Å². The van der Waals surface area contributed by atoms with Crippen LogP contribution in [0.1, 0.15) is 21.6 Å². The summed E-state index contributed by atoms with van der Waals surface area (Å²) in [5.74, 6) is 1.30. The topological polar surface area (TPSA) is 51.7 Å². The molecular formula is C20H19ClN2O3S. The first-order chi connectivity index (χ1) is 13.1. The predicted molar refractivity (Wildman–Crippen MR) is 107 cm³/mol. The van der Waals surface area contributed by atoms with Gasteiger partial charge in [0.1, 0.15) is 18.1 Å². The number of carbonyl (C=O) groups is 1. The van der Waals surface area contributed by atoms with Crippen LogP contribution in [0.2, 0.25) is 5.02 Å². The Morgan fingerprint density at radius 1 is 1.22 bits per heavy atom. The van der Waals surface area contributed by atoms with E-state index in [0.29, 0.717) is 35.2 Å². The summed E-state index contributed by atoms with van der Waals surface area (Å²) < 4.78 is 11.0. The van der Waals surface area contributed by atoms with Crippen molar-refractivity contribution < 1.29 is 14.3 Å². The fourth-order valence-electron chi connectivity index (χ4n) is 2.58. The Morgan fingerprint density at radius 3 is 2.67 bits per heavy atom. The lowest BCUT2D eigenvalue weighted by atomic mass is 10.1. The molecule has 0 aliphatic rings. The average Bonchev–Trinajstić information content (AvgIpc) is 3.20. The molecule has 0 radical (unpaired) electrons. The van der Waals surface area contributed by atoms with E-state index in [4.69, 9.17) is 21.1 Å². The number of thiazole rings is 1. The Bertz CT molecular complexity index is 898. The number of hydrogen-bond donors (Lipinski definition) is 0. The Balaban J connectivity index is 1.63. The van der Waals surface area contributed by atoms with E-state index in [1.54, 1.807) is 67.0 Å². The van der Waals surface area contributed by atoms with E-state index in [9.17, 15) is 4.79 Å². The zero-order valence-electron chi connectivity index (χ0n) is 15.0. The molecule has 0 saturated heterocycles. The monoisotopic (exact) mass is 402 g/mol. The molecule has 0 spiro atoms. The number of amides is 1. The van der Waals surface area contributed by atoms with Gasteiger partial charge in [-0.15, -0.1) is 11.3 Å². The maximum atomic E-state index is 12.7. The molecule has 0 N–H and O–H groups in total. The van der Waals surface area contributed by atoms with Crippen LogP contribution in [0.25, 0.3) is 0 Å². The third-order valence-corrected chi connectivity index (χ3v) is 4.84. The molecule has 0 atom stereocenters. The third kappa shape index (κ3) is 4.99. The number of rotatable bonds is 7. The van der Waals surface area contributed by atoms with Crippen LogP contribution in [0.4, 0.5) is 0 Å². The molecule has 5 nitrogen and oxygen atoms in total. The van der Waals surface area contributed by atoms with Crippen molar-refractivity contribution >= 4 is 28.8 Å². The Kier molecular flexibility index (Phi) is 6.32. The van der Waals surface area contributed by atoms with Crippen molar-refractivity contribution in [3.63, 3.8) is 0 Å². The summed E-state index contributed by atoms with van der Waals surface area (Å²) in [6, 6.07) is 12.4. The van der Waals surface area contributed by atoms with Gasteiger partial charge < -0.3 is 14.4 Å². The van der Waals surface area contributed by atoms with Gasteiger partial charge in [0.25, 0.3) is 5.91 Å². The molecule has 0 aliphatic carbocycles. The highest BCUT2D eigenvalue weighted by molar-refractivity contribution is 7.07. The van der Waals surface area contributed by atoms with Crippen molar-refractivity contribution in [2.24, 2.45) is 0 Å². The van der Waals surface area contributed by atoms with Crippen LogP contribution in [0.15, 0.2) is 53.4 Å². The van der Waals surface area contributed by atoms with Gasteiger partial charge in [-0.05, 0) is 42.5 Å². The van der Waals surface area contributed by atoms with Crippen LogP contribution < -0.4 is 9.47 Å². The van der Waals surface area contributed by atoms with Gasteiger partial charge in [0.2, 0.25) is 0 Å². The smallest absolute Gasteiger partial charge is 0.253 e. The number of ether oxygens (including phenoxy) is 2. The van der Waals surface area contributed by atoms with Gasteiger partial charge in [-0.3, -0.25) is 4.79 Å². The number of benzene rings is 2. The summed E-state index contributed by atoms with van der Waals surface area (Å²) in [6.45, 7) is 0.801. The summed E-state index contributed by atoms with van der Waals surface area (Å²) in [5, 5.41) is 2.55. The van der Waals surface area contributed by atoms with E-state index in [1.807, 2.05) is 5.38 Å². The quantitative estimate of drug-likeness (QED) is 0.577. The second-order valence-electron chi connectivity index (χ2n) is 5.91. The lowest BCUT2D eigenvalue weighted by molar-refractivity contribution is 0.0784. The molecule has 140 valence electrons. The number of carbonyl (C=O) groups excluding carboxylic acids is 1. The van der Waals surface area contributed by atoms with Crippen LogP contribution in [0.5, 0.6) is 11.5 Å². The summed E-state index contributed by atoms with van der Waals surface area (Å²) in [5.41, 5.74) is 4.09. The molecule has 3 aromatic rings. The third-order valence-electron chi connectivity index (χ3n) is 3.97. The minimum absolute atomic E-state index is 0.0944. The average molecular weight is 403 g/mol.